The molecule has 0 saturated heterocycles. The Bertz CT molecular complexity index is 908. The van der Waals surface area contributed by atoms with E-state index in [1.54, 1.807) is 6.08 Å². The molecule has 3 fully saturated rings. The van der Waals surface area contributed by atoms with Crippen molar-refractivity contribution in [2.45, 2.75) is 58.0 Å². The van der Waals surface area contributed by atoms with E-state index in [1.807, 2.05) is 0 Å². The molecule has 0 heterocycles. The van der Waals surface area contributed by atoms with Gasteiger partial charge in [0.05, 0.1) is 6.10 Å². The molecular formula is C21H28O8S. The Balaban J connectivity index is 1.64. The maximum atomic E-state index is 12.7. The van der Waals surface area contributed by atoms with Crippen LogP contribution in [-0.2, 0) is 29.0 Å². The molecule has 0 aliphatic heterocycles. The van der Waals surface area contributed by atoms with Gasteiger partial charge >= 0.3 is 10.4 Å². The number of allylic oxidation sites excluding steroid dienone is 1. The Hall–Kier alpha value is -1.42. The van der Waals surface area contributed by atoms with E-state index < -0.39 is 40.2 Å². The van der Waals surface area contributed by atoms with E-state index in [2.05, 4.69) is 11.1 Å². The van der Waals surface area contributed by atoms with Crippen molar-refractivity contribution in [3.63, 3.8) is 0 Å². The second-order valence-corrected chi connectivity index (χ2v) is 10.8. The quantitative estimate of drug-likeness (QED) is 0.487. The standard InChI is InChI=1S/C21H28O8S/c1-20-7-6-13(23)8-12(20)2-3-14-15-4-5-16(18(25)10-29-30(26,27)28)21(15,11-22)9-17(24)19(14)20/h8,11,14-17,19,24H,2-7,9-10H2,1H3,(H,26,27,28)/t14-,15-,16+,17-,19+,20-,21+/m0/s1. The van der Waals surface area contributed by atoms with Gasteiger partial charge in [0.2, 0.25) is 0 Å². The highest BCUT2D eigenvalue weighted by Gasteiger charge is 2.64. The highest BCUT2D eigenvalue weighted by atomic mass is 32.3. The molecule has 0 bridgehead atoms. The number of hydrogen-bond acceptors (Lipinski definition) is 7. The number of Topliss-reactive ketones (excluding diaryl/α,β-unsaturated/α-hetero) is 1. The molecule has 0 aromatic heterocycles. The first kappa shape index (κ1) is 21.8. The Labute approximate surface area is 176 Å². The first-order valence-electron chi connectivity index (χ1n) is 10.5. The van der Waals surface area contributed by atoms with Gasteiger partial charge < -0.3 is 9.90 Å². The Kier molecular flexibility index (Phi) is 5.32. The highest BCUT2D eigenvalue weighted by Crippen LogP contribution is 2.66. The molecule has 9 heteroatoms. The molecule has 0 aromatic carbocycles. The molecule has 4 rings (SSSR count). The summed E-state index contributed by atoms with van der Waals surface area (Å²) < 4.78 is 34.8. The predicted octanol–water partition coefficient (Wildman–Crippen LogP) is 1.67. The fourth-order valence-corrected chi connectivity index (χ4v) is 7.56. The molecule has 7 atom stereocenters. The fraction of sp³-hybridized carbons (Fsp3) is 0.762. The molecule has 0 unspecified atom stereocenters. The summed E-state index contributed by atoms with van der Waals surface area (Å²) in [4.78, 5) is 37.0. The van der Waals surface area contributed by atoms with E-state index in [0.717, 1.165) is 24.7 Å². The molecule has 0 amide bonds. The molecule has 0 spiro atoms. The molecule has 30 heavy (non-hydrogen) atoms. The average molecular weight is 441 g/mol. The lowest BCUT2D eigenvalue weighted by molar-refractivity contribution is -0.157. The molecule has 2 N–H and O–H groups in total. The summed E-state index contributed by atoms with van der Waals surface area (Å²) in [7, 11) is -4.75. The number of aldehydes is 1. The largest absolute Gasteiger partial charge is 0.397 e. The zero-order valence-electron chi connectivity index (χ0n) is 17.0. The van der Waals surface area contributed by atoms with E-state index in [4.69, 9.17) is 4.55 Å². The smallest absolute Gasteiger partial charge is 0.393 e. The van der Waals surface area contributed by atoms with Gasteiger partial charge in [0.1, 0.15) is 12.9 Å². The van der Waals surface area contributed by atoms with Crippen LogP contribution in [-0.4, -0.2) is 48.6 Å². The van der Waals surface area contributed by atoms with Crippen molar-refractivity contribution in [1.82, 2.24) is 0 Å². The van der Waals surface area contributed by atoms with Crippen molar-refractivity contribution in [3.8, 4) is 0 Å². The number of carbonyl (C=O) groups is 3. The molecule has 4 aliphatic rings. The summed E-state index contributed by atoms with van der Waals surface area (Å²) in [5.41, 5.74) is -0.256. The van der Waals surface area contributed by atoms with E-state index in [1.165, 1.54) is 0 Å². The average Bonchev–Trinajstić information content (AvgIpc) is 3.05. The summed E-state index contributed by atoms with van der Waals surface area (Å²) >= 11 is 0. The number of hydrogen-bond donors (Lipinski definition) is 2. The lowest BCUT2D eigenvalue weighted by atomic mass is 9.45. The van der Waals surface area contributed by atoms with Crippen molar-refractivity contribution in [1.29, 1.82) is 0 Å². The highest BCUT2D eigenvalue weighted by molar-refractivity contribution is 7.80. The van der Waals surface area contributed by atoms with Gasteiger partial charge in [0.15, 0.2) is 11.6 Å². The van der Waals surface area contributed by atoms with Crippen LogP contribution in [0.1, 0.15) is 51.9 Å². The van der Waals surface area contributed by atoms with Crippen molar-refractivity contribution in [3.05, 3.63) is 11.6 Å². The monoisotopic (exact) mass is 440 g/mol. The number of ketones is 2. The third kappa shape index (κ3) is 3.30. The van der Waals surface area contributed by atoms with Crippen LogP contribution in [0, 0.1) is 34.5 Å². The van der Waals surface area contributed by atoms with Crippen LogP contribution in [0.4, 0.5) is 0 Å². The minimum Gasteiger partial charge on any atom is -0.393 e. The van der Waals surface area contributed by atoms with Gasteiger partial charge in [-0.25, -0.2) is 4.18 Å². The van der Waals surface area contributed by atoms with Crippen LogP contribution in [0.15, 0.2) is 11.6 Å². The SMILES string of the molecule is C[C@]12CCC(=O)C=C1CC[C@@H]1[C@@H]2[C@@H](O)C[C@]2(C=O)[C@@H](C(=O)COS(=O)(=O)O)CC[C@@H]12. The minimum atomic E-state index is -4.75. The number of fused-ring (bicyclic) bond motifs is 5. The van der Waals surface area contributed by atoms with Crippen LogP contribution in [0.25, 0.3) is 0 Å². The van der Waals surface area contributed by atoms with Crippen LogP contribution in [0.2, 0.25) is 0 Å². The molecular weight excluding hydrogens is 412 g/mol. The maximum Gasteiger partial charge on any atom is 0.397 e. The molecule has 166 valence electrons. The van der Waals surface area contributed by atoms with Crippen LogP contribution in [0.5, 0.6) is 0 Å². The molecule has 0 radical (unpaired) electrons. The van der Waals surface area contributed by atoms with Gasteiger partial charge in [-0.3, -0.25) is 14.1 Å². The molecule has 0 aromatic rings. The first-order chi connectivity index (χ1) is 14.0. The summed E-state index contributed by atoms with van der Waals surface area (Å²) in [6.07, 6.45) is 5.56. The van der Waals surface area contributed by atoms with E-state index in [-0.39, 0.29) is 35.4 Å². The van der Waals surface area contributed by atoms with Crippen LogP contribution >= 0.6 is 0 Å². The zero-order valence-corrected chi connectivity index (χ0v) is 17.8. The molecule has 3 saturated carbocycles. The molecule has 4 aliphatic carbocycles. The van der Waals surface area contributed by atoms with Gasteiger partial charge in [0.25, 0.3) is 0 Å². The lowest BCUT2D eigenvalue weighted by Crippen LogP contribution is -2.58. The first-order valence-corrected chi connectivity index (χ1v) is 11.9. The normalized spacial score (nSPS) is 43.2. The summed E-state index contributed by atoms with van der Waals surface area (Å²) in [6, 6.07) is 0. The van der Waals surface area contributed by atoms with E-state index in [0.29, 0.717) is 25.7 Å². The number of aliphatic hydroxyl groups excluding tert-OH is 1. The van der Waals surface area contributed by atoms with Crippen molar-refractivity contribution in [2.24, 2.45) is 34.5 Å². The summed E-state index contributed by atoms with van der Waals surface area (Å²) in [5, 5.41) is 11.2. The van der Waals surface area contributed by atoms with Gasteiger partial charge in [0, 0.05) is 17.8 Å². The Morgan fingerprint density at radius 3 is 2.70 bits per heavy atom. The maximum absolute atomic E-state index is 12.7. The fourth-order valence-electron chi connectivity index (χ4n) is 7.30. The Morgan fingerprint density at radius 2 is 2.03 bits per heavy atom. The minimum absolute atomic E-state index is 0.0506. The second kappa shape index (κ2) is 7.32. The summed E-state index contributed by atoms with van der Waals surface area (Å²) in [5.74, 6) is -1.27. The van der Waals surface area contributed by atoms with Crippen LogP contribution in [0.3, 0.4) is 0 Å². The van der Waals surface area contributed by atoms with Gasteiger partial charge in [-0.05, 0) is 67.8 Å². The van der Waals surface area contributed by atoms with Gasteiger partial charge in [-0.15, -0.1) is 0 Å². The topological polar surface area (TPSA) is 135 Å². The number of rotatable bonds is 5. The van der Waals surface area contributed by atoms with Crippen LogP contribution < -0.4 is 0 Å². The third-order valence-corrected chi connectivity index (χ3v) is 8.88. The Morgan fingerprint density at radius 1 is 1.30 bits per heavy atom. The second-order valence-electron chi connectivity index (χ2n) is 9.68. The van der Waals surface area contributed by atoms with Gasteiger partial charge in [-0.1, -0.05) is 12.5 Å². The molecule has 8 nitrogen and oxygen atoms in total. The van der Waals surface area contributed by atoms with Gasteiger partial charge in [-0.2, -0.15) is 8.42 Å². The number of aliphatic hydroxyl groups is 1. The zero-order chi connectivity index (χ0) is 21.9. The third-order valence-electron chi connectivity index (χ3n) is 8.46. The lowest BCUT2D eigenvalue weighted by Gasteiger charge is -2.59. The summed E-state index contributed by atoms with van der Waals surface area (Å²) in [6.45, 7) is 1.29. The van der Waals surface area contributed by atoms with Crippen molar-refractivity contribution < 1.29 is 36.6 Å². The van der Waals surface area contributed by atoms with Crippen molar-refractivity contribution in [2.75, 3.05) is 6.61 Å². The predicted molar refractivity (Wildman–Crippen MR) is 104 cm³/mol. The van der Waals surface area contributed by atoms with Crippen molar-refractivity contribution >= 4 is 28.3 Å². The van der Waals surface area contributed by atoms with E-state index in [9.17, 15) is 27.9 Å². The number of carbonyl (C=O) groups excluding carboxylic acids is 3. The van der Waals surface area contributed by atoms with E-state index >= 15 is 0 Å².